The van der Waals surface area contributed by atoms with E-state index in [1.54, 1.807) is 12.2 Å². The predicted molar refractivity (Wildman–Crippen MR) is 137 cm³/mol. The topological polar surface area (TPSA) is 118 Å². The molecule has 3 amide bonds. The van der Waals surface area contributed by atoms with Crippen molar-refractivity contribution in [1.82, 2.24) is 15.3 Å². The third-order valence-corrected chi connectivity index (χ3v) is 5.79. The lowest BCUT2D eigenvalue weighted by atomic mass is 10.1. The maximum Gasteiger partial charge on any atom is 0.327 e. The van der Waals surface area contributed by atoms with Crippen LogP contribution in [0.3, 0.4) is 0 Å². The standard InChI is InChI=1S/C23H23Cl2FN6O4/c1-5-18(33)30-21-12(26)7-6-8-13(21)29-16-10-17(28-11-27-16)32(2)23(34)31-22-19(24)14(35-3)9-15(36-4)20(22)25/h5-6,8-12H,1,7H2,2-4H3,(H,30,33)(H,31,34)(H,27,28,29). The summed E-state index contributed by atoms with van der Waals surface area (Å²) in [6, 6.07) is 2.33. The van der Waals surface area contributed by atoms with Crippen molar-refractivity contribution in [3.05, 3.63) is 64.7 Å². The Morgan fingerprint density at radius 2 is 1.83 bits per heavy atom. The van der Waals surface area contributed by atoms with Gasteiger partial charge in [-0.3, -0.25) is 9.69 Å². The quantitative estimate of drug-likeness (QED) is 0.418. The minimum absolute atomic E-state index is 0.0462. The van der Waals surface area contributed by atoms with Crippen LogP contribution in [0.5, 0.6) is 11.5 Å². The minimum atomic E-state index is -1.43. The Morgan fingerprint density at radius 3 is 2.44 bits per heavy atom. The van der Waals surface area contributed by atoms with Gasteiger partial charge in [-0.1, -0.05) is 35.9 Å². The fourth-order valence-corrected chi connectivity index (χ4v) is 3.74. The first-order valence-corrected chi connectivity index (χ1v) is 11.2. The number of ether oxygens (including phenoxy) is 2. The molecular formula is C23H23Cl2FN6O4. The van der Waals surface area contributed by atoms with Gasteiger partial charge in [0.2, 0.25) is 5.91 Å². The number of nitrogens with one attached hydrogen (secondary N) is 3. The summed E-state index contributed by atoms with van der Waals surface area (Å²) >= 11 is 12.7. The molecule has 1 heterocycles. The predicted octanol–water partition coefficient (Wildman–Crippen LogP) is 4.69. The van der Waals surface area contributed by atoms with E-state index in [1.165, 1.54) is 44.6 Å². The summed E-state index contributed by atoms with van der Waals surface area (Å²) in [5.41, 5.74) is 0.431. The van der Waals surface area contributed by atoms with Gasteiger partial charge in [-0.25, -0.2) is 19.2 Å². The van der Waals surface area contributed by atoms with Crippen LogP contribution in [-0.4, -0.2) is 49.3 Å². The van der Waals surface area contributed by atoms with Crippen LogP contribution in [-0.2, 0) is 4.79 Å². The molecule has 0 saturated carbocycles. The van der Waals surface area contributed by atoms with E-state index in [1.807, 2.05) is 0 Å². The number of urea groups is 1. The number of carbonyl (C=O) groups excluding carboxylic acids is 2. The Hall–Kier alpha value is -3.83. The molecule has 0 bridgehead atoms. The minimum Gasteiger partial charge on any atom is -0.495 e. The second kappa shape index (κ2) is 11.7. The summed E-state index contributed by atoms with van der Waals surface area (Å²) in [4.78, 5) is 34.1. The van der Waals surface area contributed by atoms with E-state index in [0.29, 0.717) is 5.70 Å². The molecule has 13 heteroatoms. The molecule has 1 aliphatic carbocycles. The third-order valence-electron chi connectivity index (χ3n) is 5.04. The number of alkyl halides is 1. The molecule has 0 aliphatic heterocycles. The number of benzene rings is 1. The van der Waals surface area contributed by atoms with Gasteiger partial charge < -0.3 is 25.4 Å². The summed E-state index contributed by atoms with van der Waals surface area (Å²) in [6.45, 7) is 3.38. The largest absolute Gasteiger partial charge is 0.495 e. The molecule has 3 N–H and O–H groups in total. The van der Waals surface area contributed by atoms with Crippen LogP contribution in [0.25, 0.3) is 0 Å². The van der Waals surface area contributed by atoms with E-state index in [4.69, 9.17) is 32.7 Å². The van der Waals surface area contributed by atoms with Crippen molar-refractivity contribution < 1.29 is 23.5 Å². The van der Waals surface area contributed by atoms with Gasteiger partial charge in [-0.2, -0.15) is 0 Å². The van der Waals surface area contributed by atoms with Crippen molar-refractivity contribution >= 4 is 52.5 Å². The molecule has 36 heavy (non-hydrogen) atoms. The highest BCUT2D eigenvalue weighted by Crippen LogP contribution is 2.44. The van der Waals surface area contributed by atoms with E-state index < -0.39 is 18.1 Å². The molecule has 0 fully saturated rings. The molecule has 1 aliphatic rings. The number of rotatable bonds is 8. The lowest BCUT2D eigenvalue weighted by Gasteiger charge is -2.22. The first-order chi connectivity index (χ1) is 17.2. The monoisotopic (exact) mass is 536 g/mol. The fraction of sp³-hybridized carbons (Fsp3) is 0.217. The van der Waals surface area contributed by atoms with E-state index in [0.717, 1.165) is 6.08 Å². The zero-order chi connectivity index (χ0) is 26.4. The first-order valence-electron chi connectivity index (χ1n) is 10.4. The highest BCUT2D eigenvalue weighted by Gasteiger charge is 2.23. The Kier molecular flexibility index (Phi) is 8.73. The average molecular weight is 537 g/mol. The maximum atomic E-state index is 14.5. The van der Waals surface area contributed by atoms with Gasteiger partial charge in [0.05, 0.1) is 31.3 Å². The second-order valence-electron chi connectivity index (χ2n) is 7.29. The molecule has 0 saturated heterocycles. The normalized spacial score (nSPS) is 14.7. The number of amides is 3. The van der Waals surface area contributed by atoms with Crippen LogP contribution in [0.4, 0.5) is 26.5 Å². The highest BCUT2D eigenvalue weighted by molar-refractivity contribution is 6.41. The number of hydrogen-bond acceptors (Lipinski definition) is 7. The van der Waals surface area contributed by atoms with Gasteiger partial charge in [-0.05, 0) is 12.2 Å². The van der Waals surface area contributed by atoms with E-state index >= 15 is 0 Å². The van der Waals surface area contributed by atoms with Gasteiger partial charge in [0.15, 0.2) is 0 Å². The molecule has 190 valence electrons. The van der Waals surface area contributed by atoms with Crippen molar-refractivity contribution in [2.45, 2.75) is 12.6 Å². The zero-order valence-electron chi connectivity index (χ0n) is 19.6. The van der Waals surface area contributed by atoms with Gasteiger partial charge >= 0.3 is 6.03 Å². The zero-order valence-corrected chi connectivity index (χ0v) is 21.1. The first kappa shape index (κ1) is 26.8. The van der Waals surface area contributed by atoms with Crippen LogP contribution in [0, 0.1) is 0 Å². The Labute approximate surface area is 216 Å². The molecule has 1 aromatic carbocycles. The second-order valence-corrected chi connectivity index (χ2v) is 8.04. The number of aromatic nitrogens is 2. The number of hydrogen-bond donors (Lipinski definition) is 3. The summed E-state index contributed by atoms with van der Waals surface area (Å²) in [7, 11) is 4.30. The third kappa shape index (κ3) is 5.86. The Morgan fingerprint density at radius 1 is 1.17 bits per heavy atom. The van der Waals surface area contributed by atoms with Crippen LogP contribution in [0.1, 0.15) is 6.42 Å². The van der Waals surface area contributed by atoms with Gasteiger partial charge in [0.25, 0.3) is 0 Å². The maximum absolute atomic E-state index is 14.5. The highest BCUT2D eigenvalue weighted by atomic mass is 35.5. The van der Waals surface area contributed by atoms with Crippen LogP contribution in [0.2, 0.25) is 10.0 Å². The van der Waals surface area contributed by atoms with Gasteiger partial charge in [-0.15, -0.1) is 0 Å². The Balaban J connectivity index is 1.85. The number of methoxy groups -OCH3 is 2. The summed E-state index contributed by atoms with van der Waals surface area (Å²) in [6.07, 6.45) is 4.18. The molecule has 10 nitrogen and oxygen atoms in total. The summed E-state index contributed by atoms with van der Waals surface area (Å²) in [5, 5.41) is 8.21. The van der Waals surface area contributed by atoms with Crippen molar-refractivity contribution in [1.29, 1.82) is 0 Å². The smallest absolute Gasteiger partial charge is 0.327 e. The number of halogens is 3. The molecule has 2 aromatic rings. The van der Waals surface area contributed by atoms with E-state index in [2.05, 4.69) is 32.5 Å². The number of allylic oxidation sites excluding steroid dienone is 3. The molecular weight excluding hydrogens is 514 g/mol. The van der Waals surface area contributed by atoms with Crippen molar-refractivity contribution in [3.63, 3.8) is 0 Å². The van der Waals surface area contributed by atoms with Gasteiger partial charge in [0, 0.05) is 25.6 Å². The average Bonchev–Trinajstić information content (AvgIpc) is 2.88. The van der Waals surface area contributed by atoms with Crippen LogP contribution < -0.4 is 30.3 Å². The van der Waals surface area contributed by atoms with E-state index in [9.17, 15) is 14.0 Å². The molecule has 0 spiro atoms. The summed E-state index contributed by atoms with van der Waals surface area (Å²) in [5.74, 6) is 0.403. The Bertz CT molecular complexity index is 1230. The molecule has 1 unspecified atom stereocenters. The molecule has 3 rings (SSSR count). The van der Waals surface area contributed by atoms with Crippen molar-refractivity contribution in [2.75, 3.05) is 36.8 Å². The summed E-state index contributed by atoms with van der Waals surface area (Å²) < 4.78 is 24.9. The van der Waals surface area contributed by atoms with Crippen molar-refractivity contribution in [3.8, 4) is 11.5 Å². The van der Waals surface area contributed by atoms with Gasteiger partial charge in [0.1, 0.15) is 45.7 Å². The lowest BCUT2D eigenvalue weighted by Crippen LogP contribution is -2.32. The van der Waals surface area contributed by atoms with Crippen LogP contribution >= 0.6 is 23.2 Å². The van der Waals surface area contributed by atoms with E-state index in [-0.39, 0.29) is 51.0 Å². The van der Waals surface area contributed by atoms with Crippen LogP contribution in [0.15, 0.2) is 54.7 Å². The SMILES string of the molecule is C=CC(=O)NC1=C(Nc2cc(N(C)C(=O)Nc3c(Cl)c(OC)cc(OC)c3Cl)ncn2)C=CCC1F. The lowest BCUT2D eigenvalue weighted by molar-refractivity contribution is -0.116. The fourth-order valence-electron chi connectivity index (χ4n) is 3.15. The number of carbonyl (C=O) groups is 2. The molecule has 1 aromatic heterocycles. The number of nitrogens with zero attached hydrogens (tertiary/aromatic N) is 3. The number of anilines is 3. The van der Waals surface area contributed by atoms with Crippen molar-refractivity contribution in [2.24, 2.45) is 0 Å². The molecule has 1 atom stereocenters. The molecule has 0 radical (unpaired) electrons.